The monoisotopic (exact) mass is 166 g/mol. The summed E-state index contributed by atoms with van der Waals surface area (Å²) in [6, 6.07) is 2.31. The second-order valence-electron chi connectivity index (χ2n) is 3.55. The molecule has 0 radical (unpaired) electrons. The molecule has 0 bridgehead atoms. The topological polar surface area (TPSA) is 44.1 Å². The van der Waals surface area contributed by atoms with Crippen molar-refractivity contribution < 1.29 is 4.79 Å². The Morgan fingerprint density at radius 1 is 1.67 bits per heavy atom. The molecule has 1 heterocycles. The molecule has 1 rings (SSSR count). The minimum atomic E-state index is -0.401. The molecule has 0 aliphatic carbocycles. The molecule has 0 spiro atoms. The number of hydrogen-bond donors (Lipinski definition) is 0. The van der Waals surface area contributed by atoms with Gasteiger partial charge in [0.15, 0.2) is 5.78 Å². The van der Waals surface area contributed by atoms with Crippen LogP contribution in [0.3, 0.4) is 0 Å². The Labute approximate surface area is 73.0 Å². The van der Waals surface area contributed by atoms with E-state index in [1.807, 2.05) is 26.8 Å². The number of carbonyl (C=O) groups excluding carboxylic acids is 1. The Morgan fingerprint density at radius 3 is 2.50 bits per heavy atom. The zero-order valence-corrected chi connectivity index (χ0v) is 7.74. The predicted octanol–water partition coefficient (Wildman–Crippen LogP) is 0.808. The van der Waals surface area contributed by atoms with Crippen LogP contribution in [0.4, 0.5) is 0 Å². The Balaban J connectivity index is 2.75. The van der Waals surface area contributed by atoms with Crippen LogP contribution in [0.25, 0.3) is 0 Å². The van der Waals surface area contributed by atoms with Crippen molar-refractivity contribution in [1.82, 2.24) is 4.90 Å². The van der Waals surface area contributed by atoms with E-state index in [0.717, 1.165) is 0 Å². The van der Waals surface area contributed by atoms with Gasteiger partial charge in [0.1, 0.15) is 5.92 Å². The van der Waals surface area contributed by atoms with Crippen LogP contribution in [0, 0.1) is 17.2 Å². The summed E-state index contributed by atoms with van der Waals surface area (Å²) in [5.41, 5.74) is 0. The summed E-state index contributed by atoms with van der Waals surface area (Å²) in [6.07, 6.45) is 0. The minimum Gasteiger partial charge on any atom is -0.296 e. The van der Waals surface area contributed by atoms with Gasteiger partial charge in [-0.05, 0) is 20.8 Å². The SMILES string of the molecule is CC(C)N1CC(C#N)C(=O)C1C. The van der Waals surface area contributed by atoms with Crippen molar-refractivity contribution in [2.75, 3.05) is 6.54 Å². The first-order chi connectivity index (χ1) is 5.57. The summed E-state index contributed by atoms with van der Waals surface area (Å²) in [7, 11) is 0. The van der Waals surface area contributed by atoms with Crippen LogP contribution in [-0.4, -0.2) is 29.3 Å². The van der Waals surface area contributed by atoms with E-state index in [9.17, 15) is 4.79 Å². The standard InChI is InChI=1S/C9H14N2O/c1-6(2)11-5-8(4-10)9(12)7(11)3/h6-8H,5H2,1-3H3. The van der Waals surface area contributed by atoms with Gasteiger partial charge in [0.05, 0.1) is 12.1 Å². The van der Waals surface area contributed by atoms with Crippen LogP contribution in [-0.2, 0) is 4.79 Å². The second-order valence-corrected chi connectivity index (χ2v) is 3.55. The summed E-state index contributed by atoms with van der Waals surface area (Å²) in [5, 5.41) is 8.66. The Kier molecular flexibility index (Phi) is 2.49. The number of rotatable bonds is 1. The highest BCUT2D eigenvalue weighted by molar-refractivity contribution is 5.90. The minimum absolute atomic E-state index is 0.0744. The van der Waals surface area contributed by atoms with Crippen molar-refractivity contribution >= 4 is 5.78 Å². The first-order valence-corrected chi connectivity index (χ1v) is 4.27. The van der Waals surface area contributed by atoms with Gasteiger partial charge in [-0.25, -0.2) is 0 Å². The van der Waals surface area contributed by atoms with Gasteiger partial charge in [0, 0.05) is 12.6 Å². The highest BCUT2D eigenvalue weighted by Gasteiger charge is 2.38. The van der Waals surface area contributed by atoms with Gasteiger partial charge in [-0.2, -0.15) is 5.26 Å². The quantitative estimate of drug-likeness (QED) is 0.579. The molecule has 0 amide bonds. The first-order valence-electron chi connectivity index (χ1n) is 4.27. The molecule has 0 saturated carbocycles. The van der Waals surface area contributed by atoms with Gasteiger partial charge in [0.25, 0.3) is 0 Å². The summed E-state index contributed by atoms with van der Waals surface area (Å²) in [5.74, 6) is -0.325. The highest BCUT2D eigenvalue weighted by atomic mass is 16.1. The average molecular weight is 166 g/mol. The molecule has 1 aliphatic heterocycles. The van der Waals surface area contributed by atoms with Crippen molar-refractivity contribution in [3.63, 3.8) is 0 Å². The van der Waals surface area contributed by atoms with E-state index in [4.69, 9.17) is 5.26 Å². The van der Waals surface area contributed by atoms with E-state index in [-0.39, 0.29) is 11.8 Å². The molecule has 3 nitrogen and oxygen atoms in total. The van der Waals surface area contributed by atoms with Gasteiger partial charge < -0.3 is 0 Å². The lowest BCUT2D eigenvalue weighted by molar-refractivity contribution is -0.121. The third kappa shape index (κ3) is 1.35. The molecule has 66 valence electrons. The van der Waals surface area contributed by atoms with Crippen LogP contribution < -0.4 is 0 Å². The number of nitrogens with zero attached hydrogens (tertiary/aromatic N) is 2. The smallest absolute Gasteiger partial charge is 0.168 e. The average Bonchev–Trinajstić information content (AvgIpc) is 2.30. The summed E-state index contributed by atoms with van der Waals surface area (Å²) >= 11 is 0. The van der Waals surface area contributed by atoms with Crippen LogP contribution in [0.2, 0.25) is 0 Å². The van der Waals surface area contributed by atoms with Gasteiger partial charge in [-0.1, -0.05) is 0 Å². The Bertz CT molecular complexity index is 229. The molecular formula is C9H14N2O. The number of Topliss-reactive ketones (excluding diaryl/α,β-unsaturated/α-hetero) is 1. The van der Waals surface area contributed by atoms with E-state index < -0.39 is 5.92 Å². The molecule has 2 atom stereocenters. The lowest BCUT2D eigenvalue weighted by Crippen LogP contribution is -2.35. The molecule has 3 heteroatoms. The molecule has 0 aromatic carbocycles. The van der Waals surface area contributed by atoms with E-state index in [2.05, 4.69) is 4.90 Å². The number of hydrogen-bond acceptors (Lipinski definition) is 3. The van der Waals surface area contributed by atoms with Crippen molar-refractivity contribution in [1.29, 1.82) is 5.26 Å². The maximum atomic E-state index is 11.4. The van der Waals surface area contributed by atoms with Crippen LogP contribution >= 0.6 is 0 Å². The van der Waals surface area contributed by atoms with Crippen LogP contribution in [0.15, 0.2) is 0 Å². The normalized spacial score (nSPS) is 31.1. The Morgan fingerprint density at radius 2 is 2.25 bits per heavy atom. The third-order valence-electron chi connectivity index (χ3n) is 2.47. The Hall–Kier alpha value is -0.880. The fourth-order valence-corrected chi connectivity index (χ4v) is 1.68. The third-order valence-corrected chi connectivity index (χ3v) is 2.47. The predicted molar refractivity (Wildman–Crippen MR) is 45.4 cm³/mol. The second kappa shape index (κ2) is 3.24. The van der Waals surface area contributed by atoms with Gasteiger partial charge in [-0.3, -0.25) is 9.69 Å². The van der Waals surface area contributed by atoms with Crippen molar-refractivity contribution in [2.24, 2.45) is 5.92 Å². The van der Waals surface area contributed by atoms with Gasteiger partial charge in [0.2, 0.25) is 0 Å². The zero-order valence-electron chi connectivity index (χ0n) is 7.74. The zero-order chi connectivity index (χ0) is 9.30. The fraction of sp³-hybridized carbons (Fsp3) is 0.778. The molecular weight excluding hydrogens is 152 g/mol. The molecule has 0 aromatic rings. The lowest BCUT2D eigenvalue weighted by Gasteiger charge is -2.23. The largest absolute Gasteiger partial charge is 0.296 e. The number of carbonyl (C=O) groups is 1. The first kappa shape index (κ1) is 9.21. The van der Waals surface area contributed by atoms with Crippen molar-refractivity contribution in [2.45, 2.75) is 32.9 Å². The highest BCUT2D eigenvalue weighted by Crippen LogP contribution is 2.20. The summed E-state index contributed by atoms with van der Waals surface area (Å²) in [4.78, 5) is 13.5. The maximum absolute atomic E-state index is 11.4. The van der Waals surface area contributed by atoms with E-state index >= 15 is 0 Å². The lowest BCUT2D eigenvalue weighted by atomic mass is 10.1. The maximum Gasteiger partial charge on any atom is 0.168 e. The molecule has 0 aromatic heterocycles. The molecule has 1 saturated heterocycles. The molecule has 0 N–H and O–H groups in total. The van der Waals surface area contributed by atoms with Crippen molar-refractivity contribution in [3.8, 4) is 6.07 Å². The number of likely N-dealkylation sites (tertiary alicyclic amines) is 1. The molecule has 1 fully saturated rings. The summed E-state index contributed by atoms with van der Waals surface area (Å²) < 4.78 is 0. The summed E-state index contributed by atoms with van der Waals surface area (Å²) in [6.45, 7) is 6.57. The molecule has 2 unspecified atom stereocenters. The van der Waals surface area contributed by atoms with E-state index in [1.165, 1.54) is 0 Å². The number of ketones is 1. The number of nitriles is 1. The van der Waals surface area contributed by atoms with Crippen LogP contribution in [0.1, 0.15) is 20.8 Å². The van der Waals surface area contributed by atoms with E-state index in [0.29, 0.717) is 12.6 Å². The van der Waals surface area contributed by atoms with E-state index in [1.54, 1.807) is 0 Å². The van der Waals surface area contributed by atoms with Crippen LogP contribution in [0.5, 0.6) is 0 Å². The molecule has 12 heavy (non-hydrogen) atoms. The fourth-order valence-electron chi connectivity index (χ4n) is 1.68. The molecule has 1 aliphatic rings. The van der Waals surface area contributed by atoms with Crippen molar-refractivity contribution in [3.05, 3.63) is 0 Å². The van der Waals surface area contributed by atoms with Gasteiger partial charge >= 0.3 is 0 Å². The van der Waals surface area contributed by atoms with Gasteiger partial charge in [-0.15, -0.1) is 0 Å².